The summed E-state index contributed by atoms with van der Waals surface area (Å²) in [7, 11) is 0. The lowest BCUT2D eigenvalue weighted by Gasteiger charge is -2.11. The molecule has 2 aliphatic carbocycles. The predicted octanol–water partition coefficient (Wildman–Crippen LogP) is 5.57. The number of fused-ring (bicyclic) bond motifs is 13. The zero-order valence-corrected chi connectivity index (χ0v) is 16.6. The van der Waals surface area contributed by atoms with Crippen LogP contribution >= 0.6 is 0 Å². The molecule has 6 aromatic rings. The first-order valence-electron chi connectivity index (χ1n) is 10.6. The van der Waals surface area contributed by atoms with Crippen LogP contribution < -0.4 is 0 Å². The number of hydrogen-bond acceptors (Lipinski definition) is 3. The number of nitrogens with zero attached hydrogens (tertiary/aromatic N) is 4. The van der Waals surface area contributed by atoms with E-state index in [1.54, 1.807) is 0 Å². The minimum atomic E-state index is 0.859. The molecule has 31 heavy (non-hydrogen) atoms. The maximum absolute atomic E-state index is 5.11. The van der Waals surface area contributed by atoms with E-state index in [1.807, 2.05) is 24.5 Å². The second-order valence-electron chi connectivity index (χ2n) is 8.51. The third-order valence-corrected chi connectivity index (χ3v) is 6.88. The average molecular weight is 396 g/mol. The summed E-state index contributed by atoms with van der Waals surface area (Å²) in [4.78, 5) is 14.5. The molecule has 0 saturated heterocycles. The van der Waals surface area contributed by atoms with Crippen LogP contribution in [0.25, 0.3) is 50.0 Å². The molecule has 0 aliphatic heterocycles. The van der Waals surface area contributed by atoms with Crippen molar-refractivity contribution in [2.45, 2.75) is 12.8 Å². The van der Waals surface area contributed by atoms with Crippen molar-refractivity contribution in [3.63, 3.8) is 0 Å². The monoisotopic (exact) mass is 396 g/mol. The molecular formula is C27H16N4. The van der Waals surface area contributed by atoms with Gasteiger partial charge < -0.3 is 0 Å². The maximum Gasteiger partial charge on any atom is 0.164 e. The molecular weight excluding hydrogens is 380 g/mol. The largest absolute Gasteiger partial charge is 0.289 e. The first-order valence-corrected chi connectivity index (χ1v) is 10.6. The summed E-state index contributed by atoms with van der Waals surface area (Å²) >= 11 is 0. The van der Waals surface area contributed by atoms with E-state index in [0.29, 0.717) is 0 Å². The quantitative estimate of drug-likeness (QED) is 0.315. The molecule has 0 spiro atoms. The van der Waals surface area contributed by atoms with E-state index >= 15 is 0 Å². The van der Waals surface area contributed by atoms with E-state index in [2.05, 4.69) is 57.9 Å². The summed E-state index contributed by atoms with van der Waals surface area (Å²) in [6.45, 7) is 0. The third kappa shape index (κ3) is 1.88. The number of imidazole rings is 1. The number of rotatable bonds is 0. The molecule has 0 unspecified atom stereocenters. The van der Waals surface area contributed by atoms with Crippen molar-refractivity contribution in [3.05, 3.63) is 95.4 Å². The van der Waals surface area contributed by atoms with Crippen molar-refractivity contribution in [2.24, 2.45) is 0 Å². The Hall–Kier alpha value is -4.05. The number of hydrogen-bond donors (Lipinski definition) is 0. The molecule has 0 atom stereocenters. The van der Waals surface area contributed by atoms with Crippen LogP contribution in [0, 0.1) is 0 Å². The van der Waals surface area contributed by atoms with Crippen molar-refractivity contribution in [1.82, 2.24) is 19.4 Å². The second kappa shape index (κ2) is 5.35. The molecule has 144 valence electrons. The molecule has 4 aromatic heterocycles. The van der Waals surface area contributed by atoms with Crippen LogP contribution in [0.1, 0.15) is 22.4 Å². The van der Waals surface area contributed by atoms with Gasteiger partial charge in [-0.2, -0.15) is 0 Å². The van der Waals surface area contributed by atoms with Crippen LogP contribution in [0.4, 0.5) is 0 Å². The van der Waals surface area contributed by atoms with E-state index < -0.39 is 0 Å². The lowest BCUT2D eigenvalue weighted by atomic mass is 9.99. The van der Waals surface area contributed by atoms with Gasteiger partial charge in [-0.05, 0) is 70.6 Å². The molecule has 0 amide bonds. The standard InChI is InChI=1S/C27H16N4/c1-2-6-18-15(5-1)11-16-13-21-17(12-20(16)18)14-22-26(21)31-23-8-4-10-28-24(23)19-7-3-9-29-25(19)27(31)30-22/h1-10,12-13H,11,14H2. The van der Waals surface area contributed by atoms with Crippen molar-refractivity contribution in [3.8, 4) is 22.4 Å². The Morgan fingerprint density at radius 2 is 1.48 bits per heavy atom. The van der Waals surface area contributed by atoms with Gasteiger partial charge in [-0.3, -0.25) is 14.4 Å². The van der Waals surface area contributed by atoms with Crippen LogP contribution in [0.15, 0.2) is 73.1 Å². The van der Waals surface area contributed by atoms with Gasteiger partial charge in [0.2, 0.25) is 0 Å². The van der Waals surface area contributed by atoms with Gasteiger partial charge in [-0.1, -0.05) is 24.3 Å². The Bertz CT molecular complexity index is 1740. The molecule has 8 rings (SSSR count). The SMILES string of the molecule is c1ccc2c(c1)Cc1cc3c(cc1-2)Cc1nc2c4ncccc4c4ncccc4n2c1-3. The Kier molecular flexibility index (Phi) is 2.72. The lowest BCUT2D eigenvalue weighted by molar-refractivity contribution is 1.16. The van der Waals surface area contributed by atoms with Gasteiger partial charge in [0, 0.05) is 29.8 Å². The van der Waals surface area contributed by atoms with E-state index in [1.165, 1.54) is 39.1 Å². The van der Waals surface area contributed by atoms with E-state index in [-0.39, 0.29) is 0 Å². The number of benzene rings is 2. The van der Waals surface area contributed by atoms with Crippen LogP contribution in [0.3, 0.4) is 0 Å². The van der Waals surface area contributed by atoms with Crippen LogP contribution in [0.5, 0.6) is 0 Å². The van der Waals surface area contributed by atoms with E-state index in [9.17, 15) is 0 Å². The Morgan fingerprint density at radius 3 is 2.45 bits per heavy atom. The molecule has 0 saturated carbocycles. The summed E-state index contributed by atoms with van der Waals surface area (Å²) < 4.78 is 2.29. The fourth-order valence-electron chi connectivity index (χ4n) is 5.59. The summed E-state index contributed by atoms with van der Waals surface area (Å²) in [6, 6.07) is 21.8. The highest BCUT2D eigenvalue weighted by Gasteiger charge is 2.30. The van der Waals surface area contributed by atoms with Gasteiger partial charge in [0.1, 0.15) is 5.52 Å². The maximum atomic E-state index is 5.11. The molecule has 0 bridgehead atoms. The van der Waals surface area contributed by atoms with Crippen LogP contribution in [-0.4, -0.2) is 19.4 Å². The fraction of sp³-hybridized carbons (Fsp3) is 0.0741. The van der Waals surface area contributed by atoms with Gasteiger partial charge in [-0.15, -0.1) is 0 Å². The Morgan fingerprint density at radius 1 is 0.677 bits per heavy atom. The highest BCUT2D eigenvalue weighted by molar-refractivity contribution is 6.09. The summed E-state index contributed by atoms with van der Waals surface area (Å²) in [5, 5.41) is 1.05. The molecule has 0 fully saturated rings. The van der Waals surface area contributed by atoms with Crippen LogP contribution in [-0.2, 0) is 12.8 Å². The number of pyridine rings is 3. The van der Waals surface area contributed by atoms with Crippen LogP contribution in [0.2, 0.25) is 0 Å². The molecule has 4 heterocycles. The molecule has 4 nitrogen and oxygen atoms in total. The van der Waals surface area contributed by atoms with Gasteiger partial charge in [0.15, 0.2) is 5.65 Å². The third-order valence-electron chi connectivity index (χ3n) is 6.88. The van der Waals surface area contributed by atoms with Crippen molar-refractivity contribution >= 4 is 27.6 Å². The zero-order chi connectivity index (χ0) is 20.1. The zero-order valence-electron chi connectivity index (χ0n) is 16.6. The highest BCUT2D eigenvalue weighted by atomic mass is 15.1. The first-order chi connectivity index (χ1) is 15.4. The minimum absolute atomic E-state index is 0.859. The Balaban J connectivity index is 1.49. The van der Waals surface area contributed by atoms with E-state index in [0.717, 1.165) is 46.1 Å². The first kappa shape index (κ1) is 15.7. The number of aromatic nitrogens is 4. The summed E-state index contributed by atoms with van der Waals surface area (Å²) in [6.07, 6.45) is 5.56. The molecule has 0 radical (unpaired) electrons. The predicted molar refractivity (Wildman–Crippen MR) is 122 cm³/mol. The topological polar surface area (TPSA) is 43.1 Å². The lowest BCUT2D eigenvalue weighted by Crippen LogP contribution is -1.97. The molecule has 2 aliphatic rings. The van der Waals surface area contributed by atoms with Gasteiger partial charge in [-0.25, -0.2) is 4.98 Å². The van der Waals surface area contributed by atoms with Crippen molar-refractivity contribution in [1.29, 1.82) is 0 Å². The summed E-state index contributed by atoms with van der Waals surface area (Å²) in [5.74, 6) is 0. The smallest absolute Gasteiger partial charge is 0.164 e. The average Bonchev–Trinajstić information content (AvgIpc) is 3.47. The normalized spacial score (nSPS) is 13.5. The fourth-order valence-corrected chi connectivity index (χ4v) is 5.59. The molecule has 0 N–H and O–H groups in total. The summed E-state index contributed by atoms with van der Waals surface area (Å²) in [5.41, 5.74) is 14.5. The van der Waals surface area contributed by atoms with E-state index in [4.69, 9.17) is 9.97 Å². The van der Waals surface area contributed by atoms with Crippen molar-refractivity contribution in [2.75, 3.05) is 0 Å². The highest BCUT2D eigenvalue weighted by Crippen LogP contribution is 2.45. The minimum Gasteiger partial charge on any atom is -0.289 e. The van der Waals surface area contributed by atoms with Gasteiger partial charge in [0.05, 0.1) is 22.4 Å². The molecule has 2 aromatic carbocycles. The molecule has 4 heteroatoms. The van der Waals surface area contributed by atoms with Gasteiger partial charge >= 0.3 is 0 Å². The van der Waals surface area contributed by atoms with Crippen molar-refractivity contribution < 1.29 is 0 Å². The second-order valence-corrected chi connectivity index (χ2v) is 8.51. The van der Waals surface area contributed by atoms with Gasteiger partial charge in [0.25, 0.3) is 0 Å². The Labute approximate surface area is 177 Å².